The van der Waals surface area contributed by atoms with Gasteiger partial charge in [-0.05, 0) is 24.4 Å². The number of carbonyl (C=O) groups is 1. The maximum atomic E-state index is 11.5. The van der Waals surface area contributed by atoms with Crippen molar-refractivity contribution in [2.45, 2.75) is 18.8 Å². The van der Waals surface area contributed by atoms with Gasteiger partial charge >= 0.3 is 0 Å². The second-order valence-electron chi connectivity index (χ2n) is 3.86. The molecule has 0 spiro atoms. The van der Waals surface area contributed by atoms with E-state index in [0.29, 0.717) is 24.7 Å². The van der Waals surface area contributed by atoms with E-state index in [1.165, 1.54) is 5.56 Å². The molecule has 2 atom stereocenters. The van der Waals surface area contributed by atoms with Crippen LogP contribution in [0.1, 0.15) is 24.3 Å². The molecule has 1 aliphatic carbocycles. The number of hydrogen-bond acceptors (Lipinski definition) is 2. The molecular formula is C12H15NO. The zero-order valence-corrected chi connectivity index (χ0v) is 8.15. The Balaban J connectivity index is 1.96. The van der Waals surface area contributed by atoms with E-state index in [-0.39, 0.29) is 5.92 Å². The highest BCUT2D eigenvalue weighted by Gasteiger charge is 2.42. The predicted octanol–water partition coefficient (Wildman–Crippen LogP) is 1.71. The first kappa shape index (κ1) is 9.41. The molecule has 1 aromatic rings. The Bertz CT molecular complexity index is 320. The van der Waals surface area contributed by atoms with Gasteiger partial charge in [0, 0.05) is 12.3 Å². The number of ketones is 1. The average Bonchev–Trinajstić information content (AvgIpc) is 2.99. The van der Waals surface area contributed by atoms with E-state index >= 15 is 0 Å². The van der Waals surface area contributed by atoms with Crippen LogP contribution in [0.5, 0.6) is 0 Å². The Labute approximate surface area is 84.1 Å². The molecule has 0 aromatic heterocycles. The molecule has 2 nitrogen and oxygen atoms in total. The minimum Gasteiger partial charge on any atom is -0.330 e. The van der Waals surface area contributed by atoms with Crippen molar-refractivity contribution in [2.75, 3.05) is 6.54 Å². The number of carbonyl (C=O) groups excluding carboxylic acids is 1. The van der Waals surface area contributed by atoms with Crippen LogP contribution in [0.3, 0.4) is 0 Å². The Hall–Kier alpha value is -1.15. The summed E-state index contributed by atoms with van der Waals surface area (Å²) in [6.45, 7) is 0.483. The van der Waals surface area contributed by atoms with Crippen molar-refractivity contribution in [3.05, 3.63) is 35.9 Å². The van der Waals surface area contributed by atoms with Gasteiger partial charge in [0.15, 0.2) is 0 Å². The van der Waals surface area contributed by atoms with Gasteiger partial charge in [0.1, 0.15) is 5.78 Å². The van der Waals surface area contributed by atoms with E-state index in [1.807, 2.05) is 18.2 Å². The third-order valence-electron chi connectivity index (χ3n) is 2.82. The lowest BCUT2D eigenvalue weighted by Gasteiger charge is -1.98. The number of Topliss-reactive ketones (excluding diaryl/α,β-unsaturated/α-hetero) is 1. The first-order valence-corrected chi connectivity index (χ1v) is 5.10. The minimum atomic E-state index is 0.251. The summed E-state index contributed by atoms with van der Waals surface area (Å²) >= 11 is 0. The first-order valence-electron chi connectivity index (χ1n) is 5.10. The smallest absolute Gasteiger partial charge is 0.137 e. The summed E-state index contributed by atoms with van der Waals surface area (Å²) in [4.78, 5) is 11.5. The van der Waals surface area contributed by atoms with Crippen molar-refractivity contribution in [1.29, 1.82) is 0 Å². The minimum absolute atomic E-state index is 0.251. The van der Waals surface area contributed by atoms with Gasteiger partial charge in [0.2, 0.25) is 0 Å². The normalized spacial score (nSPS) is 24.6. The maximum Gasteiger partial charge on any atom is 0.137 e. The third kappa shape index (κ3) is 1.85. The van der Waals surface area contributed by atoms with Crippen molar-refractivity contribution >= 4 is 5.78 Å². The number of nitrogens with two attached hydrogens (primary N) is 1. The second kappa shape index (κ2) is 3.93. The second-order valence-corrected chi connectivity index (χ2v) is 3.86. The number of rotatable bonds is 4. The average molecular weight is 189 g/mol. The monoisotopic (exact) mass is 189 g/mol. The zero-order valence-electron chi connectivity index (χ0n) is 8.15. The SMILES string of the molecule is NCCC(=O)C1CC1c1ccccc1. The molecule has 0 radical (unpaired) electrons. The molecule has 0 amide bonds. The number of benzene rings is 1. The van der Waals surface area contributed by atoms with Crippen LogP contribution in [-0.2, 0) is 4.79 Å². The van der Waals surface area contributed by atoms with Gasteiger partial charge in [-0.2, -0.15) is 0 Å². The summed E-state index contributed by atoms with van der Waals surface area (Å²) in [5.41, 5.74) is 6.65. The van der Waals surface area contributed by atoms with E-state index < -0.39 is 0 Å². The molecule has 2 rings (SSSR count). The quantitative estimate of drug-likeness (QED) is 0.783. The predicted molar refractivity (Wildman–Crippen MR) is 56.0 cm³/mol. The molecule has 1 aromatic carbocycles. The molecule has 74 valence electrons. The van der Waals surface area contributed by atoms with Crippen LogP contribution < -0.4 is 5.73 Å². The van der Waals surface area contributed by atoms with Gasteiger partial charge in [0.05, 0.1) is 0 Å². The van der Waals surface area contributed by atoms with E-state index in [2.05, 4.69) is 12.1 Å². The highest BCUT2D eigenvalue weighted by Crippen LogP contribution is 2.48. The van der Waals surface area contributed by atoms with Crippen molar-refractivity contribution in [2.24, 2.45) is 11.7 Å². The molecule has 0 aliphatic heterocycles. The molecular weight excluding hydrogens is 174 g/mol. The van der Waals surface area contributed by atoms with Crippen molar-refractivity contribution in [1.82, 2.24) is 0 Å². The topological polar surface area (TPSA) is 43.1 Å². The summed E-state index contributed by atoms with van der Waals surface area (Å²) in [5, 5.41) is 0. The molecule has 0 heterocycles. The highest BCUT2D eigenvalue weighted by molar-refractivity contribution is 5.85. The van der Waals surface area contributed by atoms with Gasteiger partial charge in [-0.1, -0.05) is 30.3 Å². The molecule has 2 N–H and O–H groups in total. The van der Waals surface area contributed by atoms with E-state index in [0.717, 1.165) is 6.42 Å². The maximum absolute atomic E-state index is 11.5. The summed E-state index contributed by atoms with van der Waals surface area (Å²) in [6, 6.07) is 10.2. The van der Waals surface area contributed by atoms with Crippen LogP contribution in [0.2, 0.25) is 0 Å². The summed E-state index contributed by atoms with van der Waals surface area (Å²) < 4.78 is 0. The van der Waals surface area contributed by atoms with Gasteiger partial charge in [0.25, 0.3) is 0 Å². The fraction of sp³-hybridized carbons (Fsp3) is 0.417. The Morgan fingerprint density at radius 2 is 2.07 bits per heavy atom. The van der Waals surface area contributed by atoms with E-state index in [4.69, 9.17) is 5.73 Å². The molecule has 1 saturated carbocycles. The summed E-state index contributed by atoms with van der Waals surface area (Å²) in [7, 11) is 0. The van der Waals surface area contributed by atoms with Crippen LogP contribution in [0, 0.1) is 5.92 Å². The lowest BCUT2D eigenvalue weighted by Crippen LogP contribution is -2.09. The Morgan fingerprint density at radius 3 is 2.71 bits per heavy atom. The van der Waals surface area contributed by atoms with Gasteiger partial charge in [-0.15, -0.1) is 0 Å². The Kier molecular flexibility index (Phi) is 2.64. The van der Waals surface area contributed by atoms with Crippen molar-refractivity contribution in [3.8, 4) is 0 Å². The van der Waals surface area contributed by atoms with Crippen molar-refractivity contribution in [3.63, 3.8) is 0 Å². The molecule has 2 unspecified atom stereocenters. The highest BCUT2D eigenvalue weighted by atomic mass is 16.1. The first-order chi connectivity index (χ1) is 6.83. The van der Waals surface area contributed by atoms with Crippen LogP contribution in [-0.4, -0.2) is 12.3 Å². The third-order valence-corrected chi connectivity index (χ3v) is 2.82. The summed E-state index contributed by atoms with van der Waals surface area (Å²) in [5.74, 6) is 1.05. The standard InChI is InChI=1S/C12H15NO/c13-7-6-12(14)11-8-10(11)9-4-2-1-3-5-9/h1-5,10-11H,6-8,13H2. The largest absolute Gasteiger partial charge is 0.330 e. The molecule has 0 bridgehead atoms. The molecule has 1 aliphatic rings. The van der Waals surface area contributed by atoms with Crippen molar-refractivity contribution < 1.29 is 4.79 Å². The zero-order chi connectivity index (χ0) is 9.97. The Morgan fingerprint density at radius 1 is 1.36 bits per heavy atom. The number of hydrogen-bond donors (Lipinski definition) is 1. The van der Waals surface area contributed by atoms with Gasteiger partial charge in [-0.3, -0.25) is 4.79 Å². The van der Waals surface area contributed by atoms with Crippen LogP contribution in [0.25, 0.3) is 0 Å². The lowest BCUT2D eigenvalue weighted by molar-refractivity contribution is -0.120. The fourth-order valence-electron chi connectivity index (χ4n) is 1.95. The van der Waals surface area contributed by atoms with Gasteiger partial charge in [-0.25, -0.2) is 0 Å². The molecule has 2 heteroatoms. The van der Waals surface area contributed by atoms with Gasteiger partial charge < -0.3 is 5.73 Å². The van der Waals surface area contributed by atoms with Crippen LogP contribution >= 0.6 is 0 Å². The van der Waals surface area contributed by atoms with E-state index in [9.17, 15) is 4.79 Å². The molecule has 1 fully saturated rings. The van der Waals surface area contributed by atoms with E-state index in [1.54, 1.807) is 0 Å². The fourth-order valence-corrected chi connectivity index (χ4v) is 1.95. The van der Waals surface area contributed by atoms with Crippen LogP contribution in [0.4, 0.5) is 0 Å². The lowest BCUT2D eigenvalue weighted by atomic mass is 10.1. The molecule has 0 saturated heterocycles. The molecule has 14 heavy (non-hydrogen) atoms. The van der Waals surface area contributed by atoms with Crippen LogP contribution in [0.15, 0.2) is 30.3 Å². The summed E-state index contributed by atoms with van der Waals surface area (Å²) in [6.07, 6.45) is 1.55.